The Morgan fingerprint density at radius 2 is 1.82 bits per heavy atom. The highest BCUT2D eigenvalue weighted by molar-refractivity contribution is 7.80. The van der Waals surface area contributed by atoms with E-state index in [4.69, 9.17) is 0 Å². The third kappa shape index (κ3) is 6.70. The molecule has 11 heavy (non-hydrogen) atoms. The summed E-state index contributed by atoms with van der Waals surface area (Å²) in [5.74, 6) is 0. The molecule has 1 atom stereocenters. The van der Waals surface area contributed by atoms with Gasteiger partial charge in [0.15, 0.2) is 0 Å². The molecule has 0 heterocycles. The second kappa shape index (κ2) is 6.99. The van der Waals surface area contributed by atoms with Gasteiger partial charge < -0.3 is 4.90 Å². The van der Waals surface area contributed by atoms with Crippen molar-refractivity contribution in [3.05, 3.63) is 0 Å². The van der Waals surface area contributed by atoms with Gasteiger partial charge in [-0.15, -0.1) is 0 Å². The maximum Gasteiger partial charge on any atom is -0.00111 e. The normalized spacial score (nSPS) is 13.9. The molecule has 1 unspecified atom stereocenters. The molecular formula is C9H21NS. The van der Waals surface area contributed by atoms with Crippen LogP contribution in [0, 0.1) is 0 Å². The Balaban J connectivity index is 3.21. The Kier molecular flexibility index (Phi) is 7.18. The molecule has 0 fully saturated rings. The summed E-state index contributed by atoms with van der Waals surface area (Å²) in [6.45, 7) is 10.2. The van der Waals surface area contributed by atoms with Gasteiger partial charge in [0.25, 0.3) is 0 Å². The first kappa shape index (κ1) is 11.3. The Labute approximate surface area is 76.6 Å². The second-order valence-electron chi connectivity index (χ2n) is 3.02. The molecule has 0 aliphatic carbocycles. The van der Waals surface area contributed by atoms with Crippen LogP contribution in [0.25, 0.3) is 0 Å². The third-order valence-corrected chi connectivity index (χ3v) is 2.25. The fraction of sp³-hybridized carbons (Fsp3) is 1.00. The highest BCUT2D eigenvalue weighted by Crippen LogP contribution is 2.03. The monoisotopic (exact) mass is 175 g/mol. The molecule has 0 amide bonds. The standard InChI is InChI=1S/C9H21NS/c1-4-10(5-2)8-6-7-9(3)11/h9,11H,4-8H2,1-3H3. The minimum absolute atomic E-state index is 0.561. The van der Waals surface area contributed by atoms with Crippen LogP contribution >= 0.6 is 12.6 Å². The molecule has 0 aromatic rings. The molecule has 1 nitrogen and oxygen atoms in total. The van der Waals surface area contributed by atoms with Crippen LogP contribution in [0.4, 0.5) is 0 Å². The molecule has 0 saturated heterocycles. The lowest BCUT2D eigenvalue weighted by atomic mass is 10.2. The van der Waals surface area contributed by atoms with E-state index in [-0.39, 0.29) is 0 Å². The first-order chi connectivity index (χ1) is 5.20. The minimum atomic E-state index is 0.561. The fourth-order valence-electron chi connectivity index (χ4n) is 1.15. The van der Waals surface area contributed by atoms with Crippen LogP contribution in [0.15, 0.2) is 0 Å². The molecule has 0 aliphatic rings. The first-order valence-corrected chi connectivity index (χ1v) is 5.12. The zero-order valence-corrected chi connectivity index (χ0v) is 8.90. The summed E-state index contributed by atoms with van der Waals surface area (Å²) >= 11 is 4.34. The van der Waals surface area contributed by atoms with E-state index >= 15 is 0 Å². The second-order valence-corrected chi connectivity index (χ2v) is 3.90. The highest BCUT2D eigenvalue weighted by Gasteiger charge is 1.99. The van der Waals surface area contributed by atoms with Crippen LogP contribution in [0.1, 0.15) is 33.6 Å². The topological polar surface area (TPSA) is 3.24 Å². The summed E-state index contributed by atoms with van der Waals surface area (Å²) in [7, 11) is 0. The third-order valence-electron chi connectivity index (χ3n) is 1.99. The Morgan fingerprint density at radius 1 is 1.27 bits per heavy atom. The molecule has 0 aromatic heterocycles. The van der Waals surface area contributed by atoms with E-state index in [0.29, 0.717) is 5.25 Å². The summed E-state index contributed by atoms with van der Waals surface area (Å²) in [4.78, 5) is 2.45. The number of thiol groups is 1. The van der Waals surface area contributed by atoms with Crippen LogP contribution in [-0.2, 0) is 0 Å². The van der Waals surface area contributed by atoms with Gasteiger partial charge in [0.1, 0.15) is 0 Å². The zero-order valence-electron chi connectivity index (χ0n) is 8.01. The molecule has 0 spiro atoms. The summed E-state index contributed by atoms with van der Waals surface area (Å²) in [6, 6.07) is 0. The van der Waals surface area contributed by atoms with Crippen LogP contribution < -0.4 is 0 Å². The van der Waals surface area contributed by atoms with Gasteiger partial charge in [-0.05, 0) is 37.7 Å². The average molecular weight is 175 g/mol. The van der Waals surface area contributed by atoms with Gasteiger partial charge in [0, 0.05) is 0 Å². The van der Waals surface area contributed by atoms with Gasteiger partial charge in [-0.3, -0.25) is 0 Å². The predicted molar refractivity (Wildman–Crippen MR) is 55.5 cm³/mol. The van der Waals surface area contributed by atoms with Gasteiger partial charge in [0.05, 0.1) is 0 Å². The Bertz CT molecular complexity index is 79.6. The van der Waals surface area contributed by atoms with Crippen LogP contribution in [0.5, 0.6) is 0 Å². The molecule has 2 heteroatoms. The number of nitrogens with zero attached hydrogens (tertiary/aromatic N) is 1. The largest absolute Gasteiger partial charge is 0.304 e. The smallest absolute Gasteiger partial charge is 0.00111 e. The Hall–Kier alpha value is 0.310. The molecular weight excluding hydrogens is 154 g/mol. The Morgan fingerprint density at radius 3 is 2.18 bits per heavy atom. The zero-order chi connectivity index (χ0) is 8.69. The molecule has 0 rings (SSSR count). The van der Waals surface area contributed by atoms with Gasteiger partial charge in [-0.2, -0.15) is 12.6 Å². The van der Waals surface area contributed by atoms with E-state index < -0.39 is 0 Å². The molecule has 68 valence electrons. The van der Waals surface area contributed by atoms with Crippen molar-refractivity contribution in [2.24, 2.45) is 0 Å². The summed E-state index contributed by atoms with van der Waals surface area (Å²) in [5, 5.41) is 0.561. The predicted octanol–water partition coefficient (Wildman–Crippen LogP) is 2.43. The number of hydrogen-bond donors (Lipinski definition) is 1. The van der Waals surface area contributed by atoms with Crippen LogP contribution in [-0.4, -0.2) is 29.8 Å². The molecule has 0 bridgehead atoms. The molecule has 0 aliphatic heterocycles. The van der Waals surface area contributed by atoms with Crippen molar-refractivity contribution in [3.8, 4) is 0 Å². The van der Waals surface area contributed by atoms with Gasteiger partial charge in [0.2, 0.25) is 0 Å². The van der Waals surface area contributed by atoms with E-state index in [1.54, 1.807) is 0 Å². The van der Waals surface area contributed by atoms with Crippen molar-refractivity contribution >= 4 is 12.6 Å². The van der Waals surface area contributed by atoms with Crippen molar-refractivity contribution in [2.75, 3.05) is 19.6 Å². The lowest BCUT2D eigenvalue weighted by Crippen LogP contribution is -2.24. The van der Waals surface area contributed by atoms with Crippen molar-refractivity contribution < 1.29 is 0 Å². The first-order valence-electron chi connectivity index (χ1n) is 4.61. The van der Waals surface area contributed by atoms with Gasteiger partial charge in [-0.25, -0.2) is 0 Å². The highest BCUT2D eigenvalue weighted by atomic mass is 32.1. The number of rotatable bonds is 6. The molecule has 0 radical (unpaired) electrons. The lowest BCUT2D eigenvalue weighted by Gasteiger charge is -2.17. The van der Waals surface area contributed by atoms with Gasteiger partial charge >= 0.3 is 0 Å². The number of hydrogen-bond acceptors (Lipinski definition) is 2. The van der Waals surface area contributed by atoms with E-state index in [0.717, 1.165) is 0 Å². The fourth-order valence-corrected chi connectivity index (χ4v) is 1.33. The molecule has 0 N–H and O–H groups in total. The van der Waals surface area contributed by atoms with E-state index in [9.17, 15) is 0 Å². The summed E-state index contributed by atoms with van der Waals surface area (Å²) in [6.07, 6.45) is 2.52. The van der Waals surface area contributed by atoms with Crippen molar-refractivity contribution in [3.63, 3.8) is 0 Å². The SMILES string of the molecule is CCN(CC)CCCC(C)S. The molecule has 0 saturated carbocycles. The minimum Gasteiger partial charge on any atom is -0.304 e. The van der Waals surface area contributed by atoms with E-state index in [2.05, 4.69) is 38.3 Å². The lowest BCUT2D eigenvalue weighted by molar-refractivity contribution is 0.297. The van der Waals surface area contributed by atoms with Crippen molar-refractivity contribution in [2.45, 2.75) is 38.9 Å². The maximum absolute atomic E-state index is 4.34. The quantitative estimate of drug-likeness (QED) is 0.607. The summed E-state index contributed by atoms with van der Waals surface area (Å²) in [5.41, 5.74) is 0. The molecule has 0 aromatic carbocycles. The van der Waals surface area contributed by atoms with Crippen molar-refractivity contribution in [1.29, 1.82) is 0 Å². The van der Waals surface area contributed by atoms with Crippen LogP contribution in [0.3, 0.4) is 0 Å². The van der Waals surface area contributed by atoms with Crippen LogP contribution in [0.2, 0.25) is 0 Å². The maximum atomic E-state index is 4.34. The van der Waals surface area contributed by atoms with Crippen molar-refractivity contribution in [1.82, 2.24) is 4.90 Å². The van der Waals surface area contributed by atoms with Gasteiger partial charge in [-0.1, -0.05) is 20.8 Å². The van der Waals surface area contributed by atoms with E-state index in [1.807, 2.05) is 0 Å². The summed E-state index contributed by atoms with van der Waals surface area (Å²) < 4.78 is 0. The van der Waals surface area contributed by atoms with E-state index in [1.165, 1.54) is 32.5 Å². The average Bonchev–Trinajstić information content (AvgIpc) is 1.98.